The Kier molecular flexibility index (Phi) is 11.5. The molecular formula is C14H29N. The van der Waals surface area contributed by atoms with E-state index in [0.717, 1.165) is 13.0 Å². The van der Waals surface area contributed by atoms with E-state index in [0.29, 0.717) is 0 Å². The van der Waals surface area contributed by atoms with Gasteiger partial charge in [-0.3, -0.25) is 4.99 Å². The lowest BCUT2D eigenvalue weighted by Crippen LogP contribution is -1.91. The Labute approximate surface area is 96.4 Å². The average Bonchev–Trinajstić information content (AvgIpc) is 2.26. The number of unbranched alkanes of at least 4 members (excludes halogenated alkanes) is 7. The van der Waals surface area contributed by atoms with E-state index < -0.39 is 0 Å². The molecule has 0 N–H and O–H groups in total. The molecule has 0 heterocycles. The smallest absolute Gasteiger partial charge is 0.0388 e. The van der Waals surface area contributed by atoms with Gasteiger partial charge < -0.3 is 0 Å². The van der Waals surface area contributed by atoms with Crippen molar-refractivity contribution in [1.29, 1.82) is 0 Å². The fourth-order valence-corrected chi connectivity index (χ4v) is 1.63. The Balaban J connectivity index is 3.05. The summed E-state index contributed by atoms with van der Waals surface area (Å²) < 4.78 is 0. The van der Waals surface area contributed by atoms with Gasteiger partial charge >= 0.3 is 0 Å². The minimum atomic E-state index is 1.05. The highest BCUT2D eigenvalue weighted by atomic mass is 14.7. The summed E-state index contributed by atoms with van der Waals surface area (Å²) in [5.74, 6) is 0. The van der Waals surface area contributed by atoms with Crippen LogP contribution < -0.4 is 0 Å². The molecule has 0 spiro atoms. The molecule has 0 bridgehead atoms. The highest BCUT2D eigenvalue weighted by Crippen LogP contribution is 2.08. The van der Waals surface area contributed by atoms with Gasteiger partial charge in [-0.1, -0.05) is 58.8 Å². The lowest BCUT2D eigenvalue weighted by Gasteiger charge is -2.00. The molecule has 1 heteroatoms. The standard InChI is InChI=1S/C14H29N/c1-4-6-7-8-9-10-11-12-13-15-14(3)5-2/h4-13H2,1-3H3/b15-14-. The van der Waals surface area contributed by atoms with Gasteiger partial charge in [-0.2, -0.15) is 0 Å². The van der Waals surface area contributed by atoms with Crippen molar-refractivity contribution in [3.8, 4) is 0 Å². The number of aliphatic imine (C=N–C) groups is 1. The molecule has 1 nitrogen and oxygen atoms in total. The number of rotatable bonds is 10. The molecule has 0 rings (SSSR count). The molecule has 0 aromatic heterocycles. The molecule has 15 heavy (non-hydrogen) atoms. The molecule has 0 aliphatic rings. The summed E-state index contributed by atoms with van der Waals surface area (Å²) in [6.07, 6.45) is 12.2. The van der Waals surface area contributed by atoms with Crippen LogP contribution in [0.3, 0.4) is 0 Å². The number of hydrogen-bond donors (Lipinski definition) is 0. The maximum atomic E-state index is 4.51. The molecule has 0 fully saturated rings. The topological polar surface area (TPSA) is 12.4 Å². The minimum absolute atomic E-state index is 1.05. The van der Waals surface area contributed by atoms with Crippen LogP contribution in [0.2, 0.25) is 0 Å². The first-order valence-electron chi connectivity index (χ1n) is 6.81. The molecule has 0 radical (unpaired) electrons. The van der Waals surface area contributed by atoms with Gasteiger partial charge in [0.1, 0.15) is 0 Å². The van der Waals surface area contributed by atoms with Crippen molar-refractivity contribution >= 4 is 5.71 Å². The second kappa shape index (κ2) is 11.7. The van der Waals surface area contributed by atoms with Gasteiger partial charge in [0.2, 0.25) is 0 Å². The molecule has 0 amide bonds. The van der Waals surface area contributed by atoms with Gasteiger partial charge in [-0.25, -0.2) is 0 Å². The first-order valence-corrected chi connectivity index (χ1v) is 6.81. The zero-order chi connectivity index (χ0) is 11.4. The minimum Gasteiger partial charge on any atom is -0.294 e. The third-order valence-electron chi connectivity index (χ3n) is 2.91. The van der Waals surface area contributed by atoms with Gasteiger partial charge in [0.05, 0.1) is 0 Å². The molecule has 0 aliphatic carbocycles. The maximum Gasteiger partial charge on any atom is 0.0388 e. The van der Waals surface area contributed by atoms with Gasteiger partial charge in [0.15, 0.2) is 0 Å². The first-order chi connectivity index (χ1) is 7.31. The van der Waals surface area contributed by atoms with E-state index in [1.54, 1.807) is 0 Å². The van der Waals surface area contributed by atoms with Crippen LogP contribution in [0.4, 0.5) is 0 Å². The molecule has 0 aliphatic heterocycles. The molecular weight excluding hydrogens is 182 g/mol. The Morgan fingerprint density at radius 1 is 0.800 bits per heavy atom. The van der Waals surface area contributed by atoms with Crippen LogP contribution in [0, 0.1) is 0 Å². The fourth-order valence-electron chi connectivity index (χ4n) is 1.63. The summed E-state index contributed by atoms with van der Waals surface area (Å²) >= 11 is 0. The lowest BCUT2D eigenvalue weighted by molar-refractivity contribution is 0.578. The van der Waals surface area contributed by atoms with E-state index in [9.17, 15) is 0 Å². The summed E-state index contributed by atoms with van der Waals surface area (Å²) in [6.45, 7) is 7.63. The van der Waals surface area contributed by atoms with Gasteiger partial charge in [0.25, 0.3) is 0 Å². The summed E-state index contributed by atoms with van der Waals surface area (Å²) in [4.78, 5) is 4.51. The fraction of sp³-hybridized carbons (Fsp3) is 0.929. The average molecular weight is 211 g/mol. The zero-order valence-electron chi connectivity index (χ0n) is 11.0. The van der Waals surface area contributed by atoms with Crippen molar-refractivity contribution in [1.82, 2.24) is 0 Å². The van der Waals surface area contributed by atoms with Crippen LogP contribution in [0.25, 0.3) is 0 Å². The molecule has 0 unspecified atom stereocenters. The van der Waals surface area contributed by atoms with Crippen LogP contribution in [0.5, 0.6) is 0 Å². The Morgan fingerprint density at radius 3 is 1.87 bits per heavy atom. The first kappa shape index (κ1) is 14.7. The van der Waals surface area contributed by atoms with Gasteiger partial charge in [-0.05, 0) is 19.8 Å². The van der Waals surface area contributed by atoms with E-state index >= 15 is 0 Å². The van der Waals surface area contributed by atoms with Crippen molar-refractivity contribution < 1.29 is 0 Å². The molecule has 0 saturated carbocycles. The summed E-state index contributed by atoms with van der Waals surface area (Å²) in [7, 11) is 0. The Hall–Kier alpha value is -0.330. The predicted octanol–water partition coefficient (Wildman–Crippen LogP) is 5.00. The van der Waals surface area contributed by atoms with Crippen molar-refractivity contribution in [3.63, 3.8) is 0 Å². The SMILES string of the molecule is CCCCCCCCCC/N=C(/C)CC. The van der Waals surface area contributed by atoms with Crippen molar-refractivity contribution in [3.05, 3.63) is 0 Å². The van der Waals surface area contributed by atoms with Crippen LogP contribution in [0.1, 0.15) is 78.6 Å². The van der Waals surface area contributed by atoms with Crippen molar-refractivity contribution in [2.45, 2.75) is 78.6 Å². The number of nitrogens with zero attached hydrogens (tertiary/aromatic N) is 1. The molecule has 0 aromatic rings. The van der Waals surface area contributed by atoms with Crippen LogP contribution in [-0.4, -0.2) is 12.3 Å². The monoisotopic (exact) mass is 211 g/mol. The molecule has 0 saturated heterocycles. The van der Waals surface area contributed by atoms with E-state index in [2.05, 4.69) is 25.8 Å². The van der Waals surface area contributed by atoms with E-state index in [-0.39, 0.29) is 0 Å². The van der Waals surface area contributed by atoms with Gasteiger partial charge in [-0.15, -0.1) is 0 Å². The number of hydrogen-bond acceptors (Lipinski definition) is 1. The van der Waals surface area contributed by atoms with E-state index in [1.807, 2.05) is 0 Å². The largest absolute Gasteiger partial charge is 0.294 e. The van der Waals surface area contributed by atoms with Gasteiger partial charge in [0, 0.05) is 12.3 Å². The third-order valence-corrected chi connectivity index (χ3v) is 2.91. The summed E-state index contributed by atoms with van der Waals surface area (Å²) in [6, 6.07) is 0. The Bertz CT molecular complexity index is 149. The second-order valence-electron chi connectivity index (χ2n) is 4.45. The van der Waals surface area contributed by atoms with Crippen LogP contribution in [0.15, 0.2) is 4.99 Å². The lowest BCUT2D eigenvalue weighted by atomic mass is 10.1. The zero-order valence-corrected chi connectivity index (χ0v) is 11.0. The predicted molar refractivity (Wildman–Crippen MR) is 70.9 cm³/mol. The Morgan fingerprint density at radius 2 is 1.33 bits per heavy atom. The summed E-state index contributed by atoms with van der Waals surface area (Å²) in [5, 5.41) is 0. The molecule has 0 aromatic carbocycles. The highest BCUT2D eigenvalue weighted by Gasteiger charge is 1.91. The van der Waals surface area contributed by atoms with Crippen LogP contribution in [-0.2, 0) is 0 Å². The summed E-state index contributed by atoms with van der Waals surface area (Å²) in [5.41, 5.74) is 1.30. The normalized spacial score (nSPS) is 12.1. The van der Waals surface area contributed by atoms with Crippen LogP contribution >= 0.6 is 0 Å². The van der Waals surface area contributed by atoms with E-state index in [1.165, 1.54) is 57.1 Å². The van der Waals surface area contributed by atoms with Crippen molar-refractivity contribution in [2.75, 3.05) is 6.54 Å². The molecule has 0 atom stereocenters. The quantitative estimate of drug-likeness (QED) is 0.356. The van der Waals surface area contributed by atoms with Crippen molar-refractivity contribution in [2.24, 2.45) is 4.99 Å². The van der Waals surface area contributed by atoms with E-state index in [4.69, 9.17) is 0 Å². The maximum absolute atomic E-state index is 4.51. The highest BCUT2D eigenvalue weighted by molar-refractivity contribution is 5.81. The molecule has 90 valence electrons. The third kappa shape index (κ3) is 11.6. The second-order valence-corrected chi connectivity index (χ2v) is 4.45.